The van der Waals surface area contributed by atoms with E-state index in [-0.39, 0.29) is 5.41 Å². The van der Waals surface area contributed by atoms with Crippen LogP contribution in [0.3, 0.4) is 0 Å². The van der Waals surface area contributed by atoms with Crippen LogP contribution in [0.15, 0.2) is 158 Å². The zero-order valence-electron chi connectivity index (χ0n) is 29.0. The lowest BCUT2D eigenvalue weighted by molar-refractivity contribution is 0.660. The Labute approximate surface area is 297 Å². The van der Waals surface area contributed by atoms with Crippen molar-refractivity contribution in [1.82, 2.24) is 4.57 Å². The van der Waals surface area contributed by atoms with Gasteiger partial charge < -0.3 is 4.57 Å². The summed E-state index contributed by atoms with van der Waals surface area (Å²) < 4.78 is 2.43. The highest BCUT2D eigenvalue weighted by atomic mass is 15.0. The van der Waals surface area contributed by atoms with Gasteiger partial charge in [-0.15, -0.1) is 0 Å². The first kappa shape index (κ1) is 28.6. The molecule has 1 aliphatic rings. The van der Waals surface area contributed by atoms with E-state index in [1.807, 2.05) is 0 Å². The lowest BCUT2D eigenvalue weighted by Crippen LogP contribution is -2.15. The Hall–Kier alpha value is -6.18. The molecule has 1 aliphatic carbocycles. The second-order valence-corrected chi connectivity index (χ2v) is 15.0. The summed E-state index contributed by atoms with van der Waals surface area (Å²) in [5.41, 5.74) is 15.4. The second-order valence-electron chi connectivity index (χ2n) is 15.0. The maximum atomic E-state index is 2.47. The molecule has 240 valence electrons. The van der Waals surface area contributed by atoms with E-state index in [2.05, 4.69) is 183 Å². The van der Waals surface area contributed by atoms with Crippen LogP contribution in [0.4, 0.5) is 0 Å². The lowest BCUT2D eigenvalue weighted by atomic mass is 9.81. The molecule has 1 aromatic heterocycles. The Morgan fingerprint density at radius 1 is 0.412 bits per heavy atom. The molecule has 0 amide bonds. The van der Waals surface area contributed by atoms with Crippen molar-refractivity contribution in [1.29, 1.82) is 0 Å². The Kier molecular flexibility index (Phi) is 5.72. The topological polar surface area (TPSA) is 4.93 Å². The van der Waals surface area contributed by atoms with Crippen molar-refractivity contribution in [3.8, 4) is 39.1 Å². The van der Waals surface area contributed by atoms with Crippen molar-refractivity contribution in [3.63, 3.8) is 0 Å². The highest BCUT2D eigenvalue weighted by Gasteiger charge is 2.36. The fourth-order valence-electron chi connectivity index (χ4n) is 9.27. The minimum absolute atomic E-state index is 0.151. The van der Waals surface area contributed by atoms with Gasteiger partial charge in [-0.1, -0.05) is 147 Å². The molecule has 1 nitrogen and oxygen atoms in total. The van der Waals surface area contributed by atoms with E-state index in [1.54, 1.807) is 0 Å². The summed E-state index contributed by atoms with van der Waals surface area (Å²) in [6.45, 7) is 6.94. The van der Waals surface area contributed by atoms with Crippen LogP contribution in [0.5, 0.6) is 0 Å². The van der Waals surface area contributed by atoms with Crippen LogP contribution in [0, 0.1) is 6.92 Å². The minimum atomic E-state index is -0.151. The van der Waals surface area contributed by atoms with Gasteiger partial charge in [-0.2, -0.15) is 0 Å². The zero-order valence-corrected chi connectivity index (χ0v) is 29.0. The number of aromatic nitrogens is 1. The predicted octanol–water partition coefficient (Wildman–Crippen LogP) is 13.6. The molecule has 9 aromatic carbocycles. The van der Waals surface area contributed by atoms with Crippen LogP contribution >= 0.6 is 0 Å². The molecular formula is C50H35N. The first-order chi connectivity index (χ1) is 25.0. The van der Waals surface area contributed by atoms with Gasteiger partial charge in [0, 0.05) is 21.9 Å². The molecule has 0 saturated heterocycles. The highest BCUT2D eigenvalue weighted by molar-refractivity contribution is 6.27. The molecule has 0 N–H and O–H groups in total. The minimum Gasteiger partial charge on any atom is -0.309 e. The van der Waals surface area contributed by atoms with E-state index in [1.165, 1.54) is 110 Å². The third kappa shape index (κ3) is 3.92. The molecule has 0 bridgehead atoms. The molecule has 10 aromatic rings. The van der Waals surface area contributed by atoms with E-state index in [0.29, 0.717) is 0 Å². The van der Waals surface area contributed by atoms with Crippen LogP contribution in [0.25, 0.3) is 93.2 Å². The Morgan fingerprint density at radius 3 is 1.53 bits per heavy atom. The van der Waals surface area contributed by atoms with E-state index >= 15 is 0 Å². The number of rotatable bonds is 3. The SMILES string of the molecule is Cc1ccc(-c2ccc3ccc4c(-c5ccc6c(c5)C(C)(C)c5cc(-n7c8ccccc8c8ccccc87)ccc5-6)ccc5ccc2c3c54)cc1. The zero-order chi connectivity index (χ0) is 34.0. The van der Waals surface area contributed by atoms with Crippen molar-refractivity contribution in [2.24, 2.45) is 0 Å². The first-order valence-corrected chi connectivity index (χ1v) is 18.0. The van der Waals surface area contributed by atoms with Crippen LogP contribution in [0.1, 0.15) is 30.5 Å². The summed E-state index contributed by atoms with van der Waals surface area (Å²) in [6.07, 6.45) is 0. The molecule has 11 rings (SSSR count). The predicted molar refractivity (Wildman–Crippen MR) is 218 cm³/mol. The molecule has 0 unspecified atom stereocenters. The third-order valence-corrected chi connectivity index (χ3v) is 11.8. The first-order valence-electron chi connectivity index (χ1n) is 18.0. The van der Waals surface area contributed by atoms with Crippen LogP contribution in [0.2, 0.25) is 0 Å². The van der Waals surface area contributed by atoms with Crippen LogP contribution < -0.4 is 0 Å². The number of hydrogen-bond acceptors (Lipinski definition) is 0. The molecule has 0 fully saturated rings. The number of fused-ring (bicyclic) bond motifs is 6. The third-order valence-electron chi connectivity index (χ3n) is 11.8. The normalized spacial score (nSPS) is 13.5. The summed E-state index contributed by atoms with van der Waals surface area (Å²) in [6, 6.07) is 59.3. The van der Waals surface area contributed by atoms with Crippen molar-refractivity contribution < 1.29 is 0 Å². The average Bonchev–Trinajstić information content (AvgIpc) is 3.62. The van der Waals surface area contributed by atoms with E-state index in [9.17, 15) is 0 Å². The number of hydrogen-bond donors (Lipinski definition) is 0. The Balaban J connectivity index is 1.06. The Bertz CT molecular complexity index is 2990. The van der Waals surface area contributed by atoms with Crippen molar-refractivity contribution in [2.75, 3.05) is 0 Å². The molecule has 0 spiro atoms. The Morgan fingerprint density at radius 2 is 0.902 bits per heavy atom. The smallest absolute Gasteiger partial charge is 0.0541 e. The fourth-order valence-corrected chi connectivity index (χ4v) is 9.27. The average molecular weight is 650 g/mol. The van der Waals surface area contributed by atoms with Gasteiger partial charge in [0.1, 0.15) is 0 Å². The molecule has 0 aliphatic heterocycles. The monoisotopic (exact) mass is 649 g/mol. The van der Waals surface area contributed by atoms with Crippen molar-refractivity contribution >= 4 is 54.1 Å². The largest absolute Gasteiger partial charge is 0.309 e. The maximum absolute atomic E-state index is 2.47. The number of benzene rings is 9. The van der Waals surface area contributed by atoms with Gasteiger partial charge in [0.25, 0.3) is 0 Å². The molecule has 1 heteroatoms. The number of aryl methyl sites for hydroxylation is 1. The molecule has 51 heavy (non-hydrogen) atoms. The van der Waals surface area contributed by atoms with Gasteiger partial charge >= 0.3 is 0 Å². The number of nitrogens with zero attached hydrogens (tertiary/aromatic N) is 1. The van der Waals surface area contributed by atoms with Gasteiger partial charge in [0.15, 0.2) is 0 Å². The molecule has 0 radical (unpaired) electrons. The molecular weight excluding hydrogens is 615 g/mol. The quantitative estimate of drug-likeness (QED) is 0.168. The van der Waals surface area contributed by atoms with Crippen molar-refractivity contribution in [2.45, 2.75) is 26.2 Å². The molecule has 0 saturated carbocycles. The lowest BCUT2D eigenvalue weighted by Gasteiger charge is -2.23. The summed E-state index contributed by atoms with van der Waals surface area (Å²) >= 11 is 0. The summed E-state index contributed by atoms with van der Waals surface area (Å²) in [4.78, 5) is 0. The van der Waals surface area contributed by atoms with Gasteiger partial charge in [0.05, 0.1) is 11.0 Å². The van der Waals surface area contributed by atoms with Crippen LogP contribution in [-0.4, -0.2) is 4.57 Å². The number of para-hydroxylation sites is 2. The molecule has 0 atom stereocenters. The second kappa shape index (κ2) is 10.2. The fraction of sp³-hybridized carbons (Fsp3) is 0.0800. The summed E-state index contributed by atoms with van der Waals surface area (Å²) in [5.74, 6) is 0. The summed E-state index contributed by atoms with van der Waals surface area (Å²) in [5, 5.41) is 10.5. The van der Waals surface area contributed by atoms with Gasteiger partial charge in [0.2, 0.25) is 0 Å². The highest BCUT2D eigenvalue weighted by Crippen LogP contribution is 2.51. The standard InChI is InChI=1S/C50H35N/c1-30-12-14-31(15-13-30)36-22-16-32-19-26-43-37(23-17-33-18-25-42(36)48(32)49(33)43)34-20-24-38-39-27-21-35(29-45(39)50(2,3)44(38)28-34)51-46-10-6-4-8-40(46)41-9-5-7-11-47(41)51/h4-29H,1-3H3. The van der Waals surface area contributed by atoms with E-state index in [4.69, 9.17) is 0 Å². The van der Waals surface area contributed by atoms with Crippen LogP contribution in [-0.2, 0) is 5.41 Å². The van der Waals surface area contributed by atoms with E-state index < -0.39 is 0 Å². The molecule has 1 heterocycles. The summed E-state index contributed by atoms with van der Waals surface area (Å²) in [7, 11) is 0. The van der Waals surface area contributed by atoms with Gasteiger partial charge in [-0.25, -0.2) is 0 Å². The van der Waals surface area contributed by atoms with Gasteiger partial charge in [-0.3, -0.25) is 0 Å². The maximum Gasteiger partial charge on any atom is 0.0541 e. The van der Waals surface area contributed by atoms with Crippen molar-refractivity contribution in [3.05, 3.63) is 174 Å². The van der Waals surface area contributed by atoms with E-state index in [0.717, 1.165) is 0 Å². The van der Waals surface area contributed by atoms with Gasteiger partial charge in [-0.05, 0) is 114 Å².